The first-order valence-electron chi connectivity index (χ1n) is 6.37. The number of hydrogen-bond acceptors (Lipinski definition) is 1. The number of nitrogens with two attached hydrogens (primary N) is 1. The fraction of sp³-hybridized carbons (Fsp3) is 0.429. The van der Waals surface area contributed by atoms with E-state index in [1.54, 1.807) is 12.1 Å². The number of halogens is 3. The molecule has 0 saturated carbocycles. The Balaban J connectivity index is 2.61. The maximum atomic E-state index is 13.0. The zero-order valence-electron chi connectivity index (χ0n) is 10.8. The zero-order valence-corrected chi connectivity index (χ0v) is 10.8. The molecule has 0 fully saturated rings. The third kappa shape index (κ3) is 2.61. The molecule has 2 aromatic rings. The standard InChI is InChI=1S/C14H17F3N2/c1-2-19-10(5-4-8-18)9-11-12(14(15,16)17)6-3-7-13(11)19/h3,6-7,9H,2,4-5,8,18H2,1H3. The molecule has 0 aliphatic rings. The van der Waals surface area contributed by atoms with Crippen LogP contribution >= 0.6 is 0 Å². The Morgan fingerprint density at radius 3 is 2.58 bits per heavy atom. The summed E-state index contributed by atoms with van der Waals surface area (Å²) in [5.41, 5.74) is 6.47. The van der Waals surface area contributed by atoms with Crippen LogP contribution in [0.15, 0.2) is 24.3 Å². The van der Waals surface area contributed by atoms with Crippen molar-refractivity contribution < 1.29 is 13.2 Å². The van der Waals surface area contributed by atoms with Crippen molar-refractivity contribution in [2.24, 2.45) is 5.73 Å². The molecule has 2 nitrogen and oxygen atoms in total. The first-order chi connectivity index (χ1) is 8.99. The quantitative estimate of drug-likeness (QED) is 0.904. The Hall–Kier alpha value is -1.49. The van der Waals surface area contributed by atoms with E-state index in [0.717, 1.165) is 18.2 Å². The van der Waals surface area contributed by atoms with E-state index >= 15 is 0 Å². The van der Waals surface area contributed by atoms with Crippen molar-refractivity contribution in [2.45, 2.75) is 32.5 Å². The van der Waals surface area contributed by atoms with Gasteiger partial charge in [-0.25, -0.2) is 0 Å². The van der Waals surface area contributed by atoms with Crippen LogP contribution < -0.4 is 5.73 Å². The predicted octanol–water partition coefficient (Wildman–Crippen LogP) is 3.57. The van der Waals surface area contributed by atoms with E-state index in [4.69, 9.17) is 5.73 Å². The molecule has 0 aliphatic heterocycles. The second-order valence-corrected chi connectivity index (χ2v) is 4.51. The van der Waals surface area contributed by atoms with Gasteiger partial charge < -0.3 is 10.3 Å². The highest BCUT2D eigenvalue weighted by Crippen LogP contribution is 2.36. The van der Waals surface area contributed by atoms with Crippen LogP contribution in [0.1, 0.15) is 24.6 Å². The van der Waals surface area contributed by atoms with Gasteiger partial charge in [-0.15, -0.1) is 0 Å². The largest absolute Gasteiger partial charge is 0.417 e. The minimum atomic E-state index is -4.31. The molecule has 1 aromatic heterocycles. The molecule has 0 saturated heterocycles. The normalized spacial score (nSPS) is 12.3. The highest BCUT2D eigenvalue weighted by Gasteiger charge is 2.33. The maximum absolute atomic E-state index is 13.0. The van der Waals surface area contributed by atoms with Crippen molar-refractivity contribution in [2.75, 3.05) is 6.54 Å². The van der Waals surface area contributed by atoms with Crippen LogP contribution in [-0.4, -0.2) is 11.1 Å². The van der Waals surface area contributed by atoms with E-state index in [0.29, 0.717) is 25.0 Å². The first kappa shape index (κ1) is 13.9. The Morgan fingerprint density at radius 1 is 1.26 bits per heavy atom. The highest BCUT2D eigenvalue weighted by atomic mass is 19.4. The molecular formula is C14H17F3N2. The predicted molar refractivity (Wildman–Crippen MR) is 70.0 cm³/mol. The number of benzene rings is 1. The zero-order chi connectivity index (χ0) is 14.0. The van der Waals surface area contributed by atoms with Gasteiger partial charge in [-0.2, -0.15) is 13.2 Å². The molecule has 19 heavy (non-hydrogen) atoms. The smallest absolute Gasteiger partial charge is 0.345 e. The van der Waals surface area contributed by atoms with Gasteiger partial charge in [0.15, 0.2) is 0 Å². The minimum absolute atomic E-state index is 0.281. The summed E-state index contributed by atoms with van der Waals surface area (Å²) in [6, 6.07) is 5.98. The molecule has 0 unspecified atom stereocenters. The summed E-state index contributed by atoms with van der Waals surface area (Å²) < 4.78 is 40.9. The number of alkyl halides is 3. The lowest BCUT2D eigenvalue weighted by Crippen LogP contribution is -2.06. The van der Waals surface area contributed by atoms with Gasteiger partial charge >= 0.3 is 6.18 Å². The van der Waals surface area contributed by atoms with Crippen molar-refractivity contribution >= 4 is 10.9 Å². The molecule has 0 radical (unpaired) electrons. The Morgan fingerprint density at radius 2 is 2.00 bits per heavy atom. The van der Waals surface area contributed by atoms with Crippen molar-refractivity contribution in [1.82, 2.24) is 4.57 Å². The van der Waals surface area contributed by atoms with Gasteiger partial charge in [0.1, 0.15) is 0 Å². The van der Waals surface area contributed by atoms with Crippen molar-refractivity contribution in [3.05, 3.63) is 35.5 Å². The van der Waals surface area contributed by atoms with Crippen molar-refractivity contribution in [1.29, 1.82) is 0 Å². The molecule has 0 aliphatic carbocycles. The number of nitrogens with zero attached hydrogens (tertiary/aromatic N) is 1. The summed E-state index contributed by atoms with van der Waals surface area (Å²) in [4.78, 5) is 0. The van der Waals surface area contributed by atoms with Crippen LogP contribution in [0.2, 0.25) is 0 Å². The van der Waals surface area contributed by atoms with E-state index in [-0.39, 0.29) is 5.39 Å². The lowest BCUT2D eigenvalue weighted by Gasteiger charge is -2.09. The van der Waals surface area contributed by atoms with Crippen LogP contribution in [0.3, 0.4) is 0 Å². The van der Waals surface area contributed by atoms with Crippen LogP contribution in [0, 0.1) is 0 Å². The van der Waals surface area contributed by atoms with E-state index in [1.165, 1.54) is 6.07 Å². The monoisotopic (exact) mass is 270 g/mol. The third-order valence-corrected chi connectivity index (χ3v) is 3.29. The Bertz CT molecular complexity index is 570. The van der Waals surface area contributed by atoms with Crippen LogP contribution in [0.25, 0.3) is 10.9 Å². The highest BCUT2D eigenvalue weighted by molar-refractivity contribution is 5.85. The van der Waals surface area contributed by atoms with Crippen LogP contribution in [-0.2, 0) is 19.1 Å². The summed E-state index contributed by atoms with van der Waals surface area (Å²) in [6.45, 7) is 3.13. The SMILES string of the molecule is CCn1c(CCCN)cc2c(C(F)(F)F)cccc21. The minimum Gasteiger partial charge on any atom is -0.345 e. The fourth-order valence-electron chi connectivity index (χ4n) is 2.45. The number of rotatable bonds is 4. The Labute approximate surface area is 110 Å². The summed E-state index contributed by atoms with van der Waals surface area (Å²) >= 11 is 0. The molecule has 104 valence electrons. The van der Waals surface area contributed by atoms with Gasteiger partial charge in [0.2, 0.25) is 0 Å². The molecule has 2 N–H and O–H groups in total. The van der Waals surface area contributed by atoms with Crippen molar-refractivity contribution in [3.8, 4) is 0 Å². The van der Waals surface area contributed by atoms with Gasteiger partial charge in [0.25, 0.3) is 0 Å². The molecule has 0 atom stereocenters. The number of aromatic nitrogens is 1. The van der Waals surface area contributed by atoms with Gasteiger partial charge in [0, 0.05) is 23.1 Å². The summed E-state index contributed by atoms with van der Waals surface area (Å²) in [6.07, 6.45) is -2.83. The van der Waals surface area contributed by atoms with Gasteiger partial charge in [-0.3, -0.25) is 0 Å². The molecule has 1 aromatic carbocycles. The Kier molecular flexibility index (Phi) is 3.85. The fourth-order valence-corrected chi connectivity index (χ4v) is 2.45. The van der Waals surface area contributed by atoms with Gasteiger partial charge in [0.05, 0.1) is 5.56 Å². The summed E-state index contributed by atoms with van der Waals surface area (Å²) in [7, 11) is 0. The second-order valence-electron chi connectivity index (χ2n) is 4.51. The third-order valence-electron chi connectivity index (χ3n) is 3.29. The number of aryl methyl sites for hydroxylation is 2. The van der Waals surface area contributed by atoms with E-state index < -0.39 is 11.7 Å². The lowest BCUT2D eigenvalue weighted by atomic mass is 10.1. The van der Waals surface area contributed by atoms with Crippen molar-refractivity contribution in [3.63, 3.8) is 0 Å². The number of hydrogen-bond donors (Lipinski definition) is 1. The van der Waals surface area contributed by atoms with Gasteiger partial charge in [-0.1, -0.05) is 6.07 Å². The summed E-state index contributed by atoms with van der Waals surface area (Å²) in [5, 5.41) is 0.281. The van der Waals surface area contributed by atoms with Crippen LogP contribution in [0.4, 0.5) is 13.2 Å². The van der Waals surface area contributed by atoms with Gasteiger partial charge in [-0.05, 0) is 44.5 Å². The van der Waals surface area contributed by atoms with E-state index in [9.17, 15) is 13.2 Å². The molecule has 2 rings (SSSR count). The molecule has 0 spiro atoms. The molecular weight excluding hydrogens is 253 g/mol. The molecule has 0 amide bonds. The molecule has 1 heterocycles. The van der Waals surface area contributed by atoms with E-state index in [2.05, 4.69) is 0 Å². The first-order valence-corrected chi connectivity index (χ1v) is 6.37. The summed E-state index contributed by atoms with van der Waals surface area (Å²) in [5.74, 6) is 0. The topological polar surface area (TPSA) is 30.9 Å². The van der Waals surface area contributed by atoms with Crippen LogP contribution in [0.5, 0.6) is 0 Å². The maximum Gasteiger partial charge on any atom is 0.417 e. The average molecular weight is 270 g/mol. The second kappa shape index (κ2) is 5.25. The number of fused-ring (bicyclic) bond motifs is 1. The average Bonchev–Trinajstić information content (AvgIpc) is 2.71. The molecule has 0 bridgehead atoms. The van der Waals surface area contributed by atoms with E-state index in [1.807, 2.05) is 11.5 Å². The molecule has 5 heteroatoms. The lowest BCUT2D eigenvalue weighted by molar-refractivity contribution is -0.136.